The summed E-state index contributed by atoms with van der Waals surface area (Å²) in [5, 5.41) is 1.08. The highest BCUT2D eigenvalue weighted by molar-refractivity contribution is 7.59. The van der Waals surface area contributed by atoms with Crippen LogP contribution in [0.25, 0.3) is 11.0 Å². The first-order chi connectivity index (χ1) is 13.1. The third-order valence-corrected chi connectivity index (χ3v) is 3.83. The van der Waals surface area contributed by atoms with Crippen LogP contribution in [0.2, 0.25) is 0 Å². The molecule has 12 heteroatoms. The van der Waals surface area contributed by atoms with Crippen molar-refractivity contribution in [1.29, 1.82) is 0 Å². The van der Waals surface area contributed by atoms with Crippen LogP contribution in [-0.4, -0.2) is 35.5 Å². The quantitative estimate of drug-likeness (QED) is 0.407. The SMILES string of the molecule is Cc1c(CC(=O)ON2C(=O)CCC2=O)c(=O)oc2cc(N)ccc12.O=S(=O)=O. The third kappa shape index (κ3) is 4.79. The standard InChI is InChI=1S/C16H14N2O6.O3S/c1-8-10-3-2-9(17)6-12(10)23-16(22)11(8)7-15(21)24-18-13(19)4-5-14(18)20;1-4(2)3/h2-3,6H,4-5,7,17H2,1H3;. The van der Waals surface area contributed by atoms with E-state index in [9.17, 15) is 19.2 Å². The van der Waals surface area contributed by atoms with E-state index in [0.29, 0.717) is 27.3 Å². The Labute approximate surface area is 158 Å². The molecule has 1 aliphatic heterocycles. The molecular formula is C16H14N2O9S. The third-order valence-electron chi connectivity index (χ3n) is 3.83. The van der Waals surface area contributed by atoms with E-state index in [1.807, 2.05) is 0 Å². The van der Waals surface area contributed by atoms with Gasteiger partial charge in [-0.15, -0.1) is 17.7 Å². The van der Waals surface area contributed by atoms with Crippen molar-refractivity contribution in [3.63, 3.8) is 0 Å². The van der Waals surface area contributed by atoms with Crippen molar-refractivity contribution in [3.05, 3.63) is 39.7 Å². The Kier molecular flexibility index (Phi) is 6.26. The van der Waals surface area contributed by atoms with E-state index >= 15 is 0 Å². The van der Waals surface area contributed by atoms with Crippen LogP contribution in [0.15, 0.2) is 27.4 Å². The summed E-state index contributed by atoms with van der Waals surface area (Å²) in [6.07, 6.45) is -0.402. The average molecular weight is 410 g/mol. The van der Waals surface area contributed by atoms with E-state index in [2.05, 4.69) is 0 Å². The van der Waals surface area contributed by atoms with Crippen molar-refractivity contribution < 1.29 is 36.3 Å². The molecule has 2 heterocycles. The molecule has 0 unspecified atom stereocenters. The summed E-state index contributed by atoms with van der Waals surface area (Å²) in [4.78, 5) is 51.8. The van der Waals surface area contributed by atoms with E-state index in [1.165, 1.54) is 6.07 Å². The summed E-state index contributed by atoms with van der Waals surface area (Å²) >= 11 is 0. The monoisotopic (exact) mass is 410 g/mol. The number of carbonyl (C=O) groups is 3. The summed E-state index contributed by atoms with van der Waals surface area (Å²) < 4.78 is 30.5. The fourth-order valence-corrected chi connectivity index (χ4v) is 2.55. The van der Waals surface area contributed by atoms with Gasteiger partial charge in [0.05, 0.1) is 12.0 Å². The Bertz CT molecular complexity index is 1110. The molecule has 11 nitrogen and oxygen atoms in total. The van der Waals surface area contributed by atoms with Crippen molar-refractivity contribution >= 4 is 45.0 Å². The van der Waals surface area contributed by atoms with Crippen molar-refractivity contribution in [2.24, 2.45) is 0 Å². The normalized spacial score (nSPS) is 13.2. The molecule has 1 aromatic carbocycles. The van der Waals surface area contributed by atoms with E-state index in [1.54, 1.807) is 19.1 Å². The van der Waals surface area contributed by atoms with Gasteiger partial charge < -0.3 is 15.0 Å². The minimum absolute atomic E-state index is 0.00464. The number of hydroxylamine groups is 2. The summed E-state index contributed by atoms with van der Waals surface area (Å²) in [5.74, 6) is -2.04. The van der Waals surface area contributed by atoms with Crippen LogP contribution < -0.4 is 11.4 Å². The molecule has 1 fully saturated rings. The zero-order chi connectivity index (χ0) is 21.0. The number of imide groups is 1. The largest absolute Gasteiger partial charge is 0.425 e. The molecule has 0 atom stereocenters. The van der Waals surface area contributed by atoms with Gasteiger partial charge >= 0.3 is 22.2 Å². The Hall–Kier alpha value is -3.54. The van der Waals surface area contributed by atoms with E-state index in [4.69, 9.17) is 27.6 Å². The van der Waals surface area contributed by atoms with Crippen LogP contribution in [0.5, 0.6) is 0 Å². The van der Waals surface area contributed by atoms with Gasteiger partial charge in [-0.3, -0.25) is 9.59 Å². The molecule has 0 saturated carbocycles. The second-order valence-corrected chi connectivity index (χ2v) is 6.08. The number of hydrogen-bond donors (Lipinski definition) is 1. The van der Waals surface area contributed by atoms with E-state index < -0.39 is 40.4 Å². The maximum absolute atomic E-state index is 12.1. The van der Waals surface area contributed by atoms with Gasteiger partial charge in [0.1, 0.15) is 5.58 Å². The summed E-state index contributed by atoms with van der Waals surface area (Å²) in [6, 6.07) is 4.86. The molecule has 0 radical (unpaired) electrons. The van der Waals surface area contributed by atoms with Gasteiger partial charge in [0.15, 0.2) is 0 Å². The van der Waals surface area contributed by atoms with Gasteiger partial charge in [-0.05, 0) is 24.6 Å². The topological polar surface area (TPSA) is 171 Å². The highest BCUT2D eigenvalue weighted by Gasteiger charge is 2.33. The molecule has 1 aromatic heterocycles. The lowest BCUT2D eigenvalue weighted by molar-refractivity contribution is -0.197. The van der Waals surface area contributed by atoms with Gasteiger partial charge in [0.2, 0.25) is 0 Å². The number of nitrogens with two attached hydrogens (primary N) is 1. The average Bonchev–Trinajstić information content (AvgIpc) is 2.90. The lowest BCUT2D eigenvalue weighted by atomic mass is 10.0. The molecule has 148 valence electrons. The fraction of sp³-hybridized carbons (Fsp3) is 0.250. The Balaban J connectivity index is 0.000000640. The Morgan fingerprint density at radius 1 is 1.18 bits per heavy atom. The fourth-order valence-electron chi connectivity index (χ4n) is 2.55. The van der Waals surface area contributed by atoms with Crippen LogP contribution in [0.4, 0.5) is 5.69 Å². The van der Waals surface area contributed by atoms with Gasteiger partial charge in [-0.2, -0.15) is 0 Å². The molecule has 2 amide bonds. The lowest BCUT2D eigenvalue weighted by Gasteiger charge is -2.13. The summed E-state index contributed by atoms with van der Waals surface area (Å²) in [7, 11) is -3.11. The first-order valence-electron chi connectivity index (χ1n) is 7.75. The van der Waals surface area contributed by atoms with Gasteiger partial charge in [0.25, 0.3) is 11.8 Å². The second kappa shape index (κ2) is 8.43. The van der Waals surface area contributed by atoms with Crippen molar-refractivity contribution in [2.75, 3.05) is 5.73 Å². The van der Waals surface area contributed by atoms with Gasteiger partial charge in [-0.25, -0.2) is 9.59 Å². The molecule has 3 rings (SSSR count). The van der Waals surface area contributed by atoms with Gasteiger partial charge in [-0.1, -0.05) is 0 Å². The Morgan fingerprint density at radius 2 is 1.75 bits per heavy atom. The van der Waals surface area contributed by atoms with Gasteiger partial charge in [0, 0.05) is 30.0 Å². The smallest absolute Gasteiger partial charge is 0.422 e. The molecule has 0 aliphatic carbocycles. The number of nitrogen functional groups attached to an aromatic ring is 1. The van der Waals surface area contributed by atoms with Crippen LogP contribution in [0, 0.1) is 6.92 Å². The number of anilines is 1. The van der Waals surface area contributed by atoms with Crippen molar-refractivity contribution in [2.45, 2.75) is 26.2 Å². The number of nitrogens with zero attached hydrogens (tertiary/aromatic N) is 1. The number of benzene rings is 1. The number of rotatable bonds is 3. The molecule has 2 aromatic rings. The molecule has 1 aliphatic rings. The Morgan fingerprint density at radius 3 is 2.32 bits per heavy atom. The van der Waals surface area contributed by atoms with E-state index in [0.717, 1.165) is 0 Å². The zero-order valence-corrected chi connectivity index (χ0v) is 15.3. The van der Waals surface area contributed by atoms with Crippen LogP contribution in [0.3, 0.4) is 0 Å². The molecule has 0 spiro atoms. The number of hydrogen-bond acceptors (Lipinski definition) is 10. The van der Waals surface area contributed by atoms with Crippen molar-refractivity contribution in [3.8, 4) is 0 Å². The predicted molar refractivity (Wildman–Crippen MR) is 92.2 cm³/mol. The first-order valence-corrected chi connectivity index (χ1v) is 8.75. The minimum Gasteiger partial charge on any atom is -0.422 e. The molecule has 0 bridgehead atoms. The molecule has 2 N–H and O–H groups in total. The zero-order valence-electron chi connectivity index (χ0n) is 14.5. The predicted octanol–water partition coefficient (Wildman–Crippen LogP) is -0.171. The van der Waals surface area contributed by atoms with Crippen LogP contribution in [0.1, 0.15) is 24.0 Å². The number of fused-ring (bicyclic) bond motifs is 1. The summed E-state index contributed by atoms with van der Waals surface area (Å²) in [5.41, 5.74) is 6.39. The number of aryl methyl sites for hydroxylation is 1. The van der Waals surface area contributed by atoms with Crippen LogP contribution >= 0.6 is 0 Å². The molecule has 28 heavy (non-hydrogen) atoms. The van der Waals surface area contributed by atoms with E-state index in [-0.39, 0.29) is 18.4 Å². The maximum atomic E-state index is 12.1. The lowest BCUT2D eigenvalue weighted by Crippen LogP contribution is -2.33. The second-order valence-electron chi connectivity index (χ2n) is 5.67. The van der Waals surface area contributed by atoms with Crippen molar-refractivity contribution in [1.82, 2.24) is 5.06 Å². The highest BCUT2D eigenvalue weighted by Crippen LogP contribution is 2.22. The molecule has 1 saturated heterocycles. The van der Waals surface area contributed by atoms with Crippen LogP contribution in [-0.2, 0) is 36.3 Å². The first kappa shape index (κ1) is 20.8. The number of amides is 2. The highest BCUT2D eigenvalue weighted by atomic mass is 32.2. The number of carbonyl (C=O) groups excluding carboxylic acids is 3. The molecular weight excluding hydrogens is 396 g/mol. The maximum Gasteiger partial charge on any atom is 0.425 e. The summed E-state index contributed by atoms with van der Waals surface area (Å²) in [6.45, 7) is 1.67. The minimum atomic E-state index is -3.11.